The fourth-order valence-electron chi connectivity index (χ4n) is 11.6. The van der Waals surface area contributed by atoms with Crippen molar-refractivity contribution in [2.75, 3.05) is 94.8 Å². The number of hydrogen-bond donors (Lipinski definition) is 6. The van der Waals surface area contributed by atoms with Gasteiger partial charge in [-0.1, -0.05) is 36.4 Å². The molecule has 3 saturated heterocycles. The van der Waals surface area contributed by atoms with Crippen LogP contribution in [0.5, 0.6) is 0 Å². The molecule has 428 valence electrons. The highest BCUT2D eigenvalue weighted by Gasteiger charge is 2.48. The van der Waals surface area contributed by atoms with E-state index in [2.05, 4.69) is 55.5 Å². The highest BCUT2D eigenvalue weighted by molar-refractivity contribution is 6.04. The third kappa shape index (κ3) is 13.2. The zero-order valence-corrected chi connectivity index (χ0v) is 46.0. The predicted octanol–water partition coefficient (Wildman–Crippen LogP) is 3.85. The Hall–Kier alpha value is -6.75. The van der Waals surface area contributed by atoms with Crippen molar-refractivity contribution >= 4 is 52.5 Å². The van der Waals surface area contributed by atoms with Crippen molar-refractivity contribution in [2.45, 2.75) is 102 Å². The Morgan fingerprint density at radius 2 is 1.59 bits per heavy atom. The molecule has 4 aromatic rings. The van der Waals surface area contributed by atoms with Gasteiger partial charge in [0.1, 0.15) is 35.2 Å². The van der Waals surface area contributed by atoms with Crippen molar-refractivity contribution in [1.82, 2.24) is 36.0 Å². The molecule has 80 heavy (non-hydrogen) atoms. The van der Waals surface area contributed by atoms with E-state index in [-0.39, 0.29) is 61.8 Å². The van der Waals surface area contributed by atoms with Gasteiger partial charge in [0, 0.05) is 88.4 Å². The highest BCUT2D eigenvalue weighted by Crippen LogP contribution is 2.42. The molecule has 5 aliphatic heterocycles. The van der Waals surface area contributed by atoms with E-state index in [1.54, 1.807) is 56.1 Å². The number of benzene rings is 4. The Morgan fingerprint density at radius 1 is 0.850 bits per heavy atom. The zero-order valence-electron chi connectivity index (χ0n) is 46.0. The Morgan fingerprint density at radius 3 is 2.31 bits per heavy atom. The van der Waals surface area contributed by atoms with E-state index in [1.807, 2.05) is 18.2 Å². The van der Waals surface area contributed by atoms with Crippen LogP contribution in [0.4, 0.5) is 30.2 Å². The first-order valence-corrected chi connectivity index (χ1v) is 27.7. The van der Waals surface area contributed by atoms with E-state index in [4.69, 9.17) is 9.47 Å². The quantitative estimate of drug-likeness (QED) is 0.0893. The van der Waals surface area contributed by atoms with Crippen LogP contribution in [0.3, 0.4) is 0 Å². The van der Waals surface area contributed by atoms with Crippen molar-refractivity contribution in [2.24, 2.45) is 5.92 Å². The van der Waals surface area contributed by atoms with E-state index in [0.29, 0.717) is 86.8 Å². The summed E-state index contributed by atoms with van der Waals surface area (Å²) >= 11 is 0. The molecule has 0 saturated carbocycles. The maximum absolute atomic E-state index is 14.9. The second-order valence-corrected chi connectivity index (χ2v) is 22.2. The normalized spacial score (nSPS) is 23.3. The maximum Gasteiger partial charge on any atom is 0.247 e. The van der Waals surface area contributed by atoms with Gasteiger partial charge in [0.2, 0.25) is 35.4 Å². The first kappa shape index (κ1) is 57.9. The SMILES string of the molecule is CN[C@@H](C)C(=O)N[C@H](C(=O)N1Cc2cc(NC(=O)CNC(=O)C3(C)CN(C(=O)CN4C[C@@H](C)NC[C@@H]4CN4CCOC[C@H]4C)c4cc(Cc5ccc(F)cc5)ccc43)ccc2CC1C(=O)Nc1c(F)cccc1F)C1CCOCC1. The number of rotatable bonds is 17. The molecule has 3 fully saturated rings. The number of carbonyl (C=O) groups is 6. The number of ether oxygens (including phenoxy) is 2. The third-order valence-electron chi connectivity index (χ3n) is 16.5. The van der Waals surface area contributed by atoms with Gasteiger partial charge in [-0.2, -0.15) is 0 Å². The molecule has 4 aromatic carbocycles. The number of piperazine rings is 1. The number of carbonyl (C=O) groups excluding carboxylic acids is 6. The fourth-order valence-corrected chi connectivity index (χ4v) is 11.6. The Kier molecular flexibility index (Phi) is 18.4. The number of para-hydroxylation sites is 1. The average molecular weight is 1110 g/mol. The summed E-state index contributed by atoms with van der Waals surface area (Å²) in [4.78, 5) is 93.2. The molecule has 0 spiro atoms. The summed E-state index contributed by atoms with van der Waals surface area (Å²) in [5.41, 5.74) is 2.55. The molecule has 7 atom stereocenters. The molecule has 21 heteroatoms. The van der Waals surface area contributed by atoms with Crippen molar-refractivity contribution in [1.29, 1.82) is 0 Å². The van der Waals surface area contributed by atoms with Gasteiger partial charge < -0.3 is 51.2 Å². The lowest BCUT2D eigenvalue weighted by molar-refractivity contribution is -0.145. The van der Waals surface area contributed by atoms with Crippen LogP contribution in [0.1, 0.15) is 68.4 Å². The number of nitrogens with zero attached hydrogens (tertiary/aromatic N) is 4. The van der Waals surface area contributed by atoms with E-state index in [1.165, 1.54) is 23.1 Å². The minimum atomic E-state index is -1.27. The number of likely N-dealkylation sites (N-methyl/N-ethyl adjacent to an activating group) is 1. The first-order valence-electron chi connectivity index (χ1n) is 27.7. The minimum Gasteiger partial charge on any atom is -0.381 e. The highest BCUT2D eigenvalue weighted by atomic mass is 19.1. The summed E-state index contributed by atoms with van der Waals surface area (Å²) in [6.45, 7) is 12.1. The molecule has 5 heterocycles. The van der Waals surface area contributed by atoms with Crippen LogP contribution >= 0.6 is 0 Å². The monoisotopic (exact) mass is 1110 g/mol. The lowest BCUT2D eigenvalue weighted by Crippen LogP contribution is -2.62. The number of morpholine rings is 1. The van der Waals surface area contributed by atoms with Gasteiger partial charge >= 0.3 is 0 Å². The van der Waals surface area contributed by atoms with Crippen LogP contribution in [0.2, 0.25) is 0 Å². The molecule has 18 nitrogen and oxygen atoms in total. The van der Waals surface area contributed by atoms with Crippen molar-refractivity contribution < 1.29 is 51.4 Å². The van der Waals surface area contributed by atoms with Crippen LogP contribution in [0, 0.1) is 23.4 Å². The Labute approximate surface area is 464 Å². The molecule has 2 unspecified atom stereocenters. The summed E-state index contributed by atoms with van der Waals surface area (Å²) in [6.07, 6.45) is 1.30. The minimum absolute atomic E-state index is 0.0172. The lowest BCUT2D eigenvalue weighted by Gasteiger charge is -2.43. The van der Waals surface area contributed by atoms with Gasteiger partial charge in [-0.25, -0.2) is 13.2 Å². The molecular weight excluding hydrogens is 1030 g/mol. The molecule has 0 aliphatic carbocycles. The van der Waals surface area contributed by atoms with Gasteiger partial charge in [-0.3, -0.25) is 38.6 Å². The van der Waals surface area contributed by atoms with E-state index < -0.39 is 76.9 Å². The van der Waals surface area contributed by atoms with Gasteiger partial charge in [0.05, 0.1) is 37.8 Å². The molecule has 5 aliphatic rings. The predicted molar refractivity (Wildman–Crippen MR) is 295 cm³/mol. The number of halogens is 3. The topological polar surface area (TPSA) is 206 Å². The molecular formula is C59H73F3N10O8. The summed E-state index contributed by atoms with van der Waals surface area (Å²) in [7, 11) is 1.61. The number of amides is 6. The molecule has 0 radical (unpaired) electrons. The van der Waals surface area contributed by atoms with Crippen LogP contribution in [-0.2, 0) is 63.0 Å². The summed E-state index contributed by atoms with van der Waals surface area (Å²) in [5.74, 6) is -5.74. The summed E-state index contributed by atoms with van der Waals surface area (Å²) < 4.78 is 55.0. The molecule has 6 N–H and O–H groups in total. The Bertz CT molecular complexity index is 2930. The first-order chi connectivity index (χ1) is 38.4. The summed E-state index contributed by atoms with van der Waals surface area (Å²) in [5, 5.41) is 17.4. The Balaban J connectivity index is 0.920. The van der Waals surface area contributed by atoms with Crippen molar-refractivity contribution in [3.8, 4) is 0 Å². The second-order valence-electron chi connectivity index (χ2n) is 22.2. The fraction of sp³-hybridized carbons (Fsp3) is 0.492. The number of anilines is 3. The average Bonchev–Trinajstić information content (AvgIpc) is 3.76. The maximum atomic E-state index is 14.9. The third-order valence-corrected chi connectivity index (χ3v) is 16.5. The number of hydrogen-bond acceptors (Lipinski definition) is 12. The molecule has 9 rings (SSSR count). The van der Waals surface area contributed by atoms with Gasteiger partial charge in [0.25, 0.3) is 0 Å². The van der Waals surface area contributed by atoms with Crippen LogP contribution < -0.4 is 36.8 Å². The van der Waals surface area contributed by atoms with E-state index >= 15 is 0 Å². The van der Waals surface area contributed by atoms with Crippen molar-refractivity contribution in [3.05, 3.63) is 124 Å². The van der Waals surface area contributed by atoms with Gasteiger partial charge in [-0.05, 0) is 130 Å². The van der Waals surface area contributed by atoms with Gasteiger partial charge in [0.15, 0.2) is 0 Å². The number of nitrogens with one attached hydrogen (secondary N) is 6. The smallest absolute Gasteiger partial charge is 0.247 e. The molecule has 0 bridgehead atoms. The van der Waals surface area contributed by atoms with Crippen molar-refractivity contribution in [3.63, 3.8) is 0 Å². The van der Waals surface area contributed by atoms with E-state index in [0.717, 1.165) is 36.3 Å². The molecule has 6 amide bonds. The largest absolute Gasteiger partial charge is 0.381 e. The van der Waals surface area contributed by atoms with Crippen LogP contribution in [0.15, 0.2) is 78.9 Å². The van der Waals surface area contributed by atoms with Crippen LogP contribution in [0.25, 0.3) is 0 Å². The standard InChI is InChI=1S/C59H73F3N10O8/c1-35-29-70(45(27-64-35)31-69-19-22-80-33-36(69)2)32-52(74)72-34-59(4,46-16-11-39(24-49(46)72)23-38-9-13-43(60)14-10-38)58(78)65-28-51(73)66-44-15-12-41-26-50(56(76)68-54-47(61)7-6-8-48(54)62)71(30-42(41)25-44)57(77)53(40-17-20-79-21-18-40)67-55(75)37(3)63-5/h6-16,24-25,35-37,40,45,50,53,63-64H,17-23,26-34H2,1-5H3,(H,65,78)(H,66,73)(H,67,75)(H,68,76)/t35-,36-,37+,45-,50?,53+,59?/m1/s1. The zero-order chi connectivity index (χ0) is 56.8. The van der Waals surface area contributed by atoms with Gasteiger partial charge in [-0.15, -0.1) is 0 Å². The second kappa shape index (κ2) is 25.4. The number of fused-ring (bicyclic) bond motifs is 2. The lowest BCUT2D eigenvalue weighted by atomic mass is 9.83. The summed E-state index contributed by atoms with van der Waals surface area (Å²) in [6, 6.07) is 17.5. The van der Waals surface area contributed by atoms with Crippen LogP contribution in [-0.4, -0.2) is 166 Å². The molecule has 0 aromatic heterocycles. The van der Waals surface area contributed by atoms with E-state index in [9.17, 15) is 41.9 Å².